The number of amides is 1. The van der Waals surface area contributed by atoms with Crippen LogP contribution in [0.5, 0.6) is 0 Å². The van der Waals surface area contributed by atoms with Gasteiger partial charge in [0, 0.05) is 5.56 Å². The first-order chi connectivity index (χ1) is 8.76. The van der Waals surface area contributed by atoms with Gasteiger partial charge in [-0.25, -0.2) is 0 Å². The van der Waals surface area contributed by atoms with Crippen LogP contribution in [0.3, 0.4) is 0 Å². The molecule has 1 aromatic carbocycles. The molecule has 2 rings (SSSR count). The monoisotopic (exact) mass is 242 g/mol. The number of carbonyl (C=O) groups excluding carboxylic acids is 1. The quantitative estimate of drug-likeness (QED) is 0.639. The molecule has 1 aliphatic heterocycles. The van der Waals surface area contributed by atoms with E-state index in [1.165, 1.54) is 0 Å². The van der Waals surface area contributed by atoms with Crippen molar-refractivity contribution >= 4 is 5.91 Å². The van der Waals surface area contributed by atoms with Crippen molar-refractivity contribution in [3.05, 3.63) is 35.9 Å². The maximum Gasteiger partial charge on any atom is 0.241 e. The van der Waals surface area contributed by atoms with E-state index in [1.54, 1.807) is 0 Å². The number of β-lactam (4-membered cyclic amide) rings is 1. The van der Waals surface area contributed by atoms with Gasteiger partial charge in [0.15, 0.2) is 0 Å². The first-order valence-corrected chi connectivity index (χ1v) is 6.37. The van der Waals surface area contributed by atoms with Gasteiger partial charge in [0.25, 0.3) is 0 Å². The second kappa shape index (κ2) is 5.70. The molecule has 1 N–H and O–H groups in total. The summed E-state index contributed by atoms with van der Waals surface area (Å²) in [6.45, 7) is 5.88. The van der Waals surface area contributed by atoms with Crippen LogP contribution in [0, 0.1) is 11.8 Å². The average molecular weight is 242 g/mol. The molecule has 1 fully saturated rings. The van der Waals surface area contributed by atoms with Gasteiger partial charge in [-0.05, 0) is 25.2 Å². The fourth-order valence-electron chi connectivity index (χ4n) is 2.16. The van der Waals surface area contributed by atoms with Crippen molar-refractivity contribution < 1.29 is 4.79 Å². The van der Waals surface area contributed by atoms with E-state index in [9.17, 15) is 4.79 Å². The Morgan fingerprint density at radius 1 is 1.22 bits per heavy atom. The molecule has 1 amide bonds. The van der Waals surface area contributed by atoms with E-state index in [1.807, 2.05) is 30.3 Å². The third-order valence-corrected chi connectivity index (χ3v) is 3.23. The first-order valence-electron chi connectivity index (χ1n) is 6.37. The van der Waals surface area contributed by atoms with Crippen LogP contribution in [-0.4, -0.2) is 36.0 Å². The van der Waals surface area contributed by atoms with E-state index in [0.29, 0.717) is 0 Å². The SMILES string of the molecule is CCN(CC)[C@H]1C(=O)N[C@H]1C#Cc1ccccc1. The Morgan fingerprint density at radius 3 is 2.44 bits per heavy atom. The highest BCUT2D eigenvalue weighted by atomic mass is 16.2. The molecular formula is C15H18N2O. The Balaban J connectivity index is 2.07. The molecule has 0 aliphatic carbocycles. The van der Waals surface area contributed by atoms with Gasteiger partial charge in [-0.2, -0.15) is 0 Å². The molecule has 1 saturated heterocycles. The van der Waals surface area contributed by atoms with Gasteiger partial charge in [-0.1, -0.05) is 43.9 Å². The number of hydrogen-bond donors (Lipinski definition) is 1. The molecule has 0 spiro atoms. The lowest BCUT2D eigenvalue weighted by molar-refractivity contribution is -0.135. The molecule has 0 radical (unpaired) electrons. The van der Waals surface area contributed by atoms with Gasteiger partial charge < -0.3 is 5.32 Å². The number of benzene rings is 1. The summed E-state index contributed by atoms with van der Waals surface area (Å²) in [7, 11) is 0. The van der Waals surface area contributed by atoms with Crippen LogP contribution in [0.25, 0.3) is 0 Å². The highest BCUT2D eigenvalue weighted by Crippen LogP contribution is 2.13. The molecule has 1 aromatic rings. The second-order valence-corrected chi connectivity index (χ2v) is 4.29. The van der Waals surface area contributed by atoms with Crippen molar-refractivity contribution in [1.29, 1.82) is 0 Å². The molecule has 3 nitrogen and oxygen atoms in total. The lowest BCUT2D eigenvalue weighted by Crippen LogP contribution is -2.68. The third kappa shape index (κ3) is 2.55. The molecule has 0 aromatic heterocycles. The Labute approximate surface area is 108 Å². The fourth-order valence-corrected chi connectivity index (χ4v) is 2.16. The predicted octanol–water partition coefficient (Wildman–Crippen LogP) is 1.25. The highest BCUT2D eigenvalue weighted by Gasteiger charge is 2.41. The summed E-state index contributed by atoms with van der Waals surface area (Å²) in [4.78, 5) is 13.7. The maximum atomic E-state index is 11.6. The highest BCUT2D eigenvalue weighted by molar-refractivity contribution is 5.90. The summed E-state index contributed by atoms with van der Waals surface area (Å²) in [6, 6.07) is 9.71. The summed E-state index contributed by atoms with van der Waals surface area (Å²) in [5.74, 6) is 6.34. The van der Waals surface area contributed by atoms with Crippen molar-refractivity contribution in [1.82, 2.24) is 10.2 Å². The average Bonchev–Trinajstić information content (AvgIpc) is 2.41. The smallest absolute Gasteiger partial charge is 0.241 e. The van der Waals surface area contributed by atoms with Crippen LogP contribution in [0.4, 0.5) is 0 Å². The summed E-state index contributed by atoms with van der Waals surface area (Å²) < 4.78 is 0. The minimum Gasteiger partial charge on any atom is -0.339 e. The third-order valence-electron chi connectivity index (χ3n) is 3.23. The number of rotatable bonds is 3. The van der Waals surface area contributed by atoms with E-state index in [-0.39, 0.29) is 18.0 Å². The van der Waals surface area contributed by atoms with Gasteiger partial charge in [0.2, 0.25) is 5.91 Å². The van der Waals surface area contributed by atoms with Crippen molar-refractivity contribution in [2.45, 2.75) is 25.9 Å². The molecular weight excluding hydrogens is 224 g/mol. The van der Waals surface area contributed by atoms with Crippen molar-refractivity contribution in [2.75, 3.05) is 13.1 Å². The summed E-state index contributed by atoms with van der Waals surface area (Å²) >= 11 is 0. The Bertz CT molecular complexity index is 468. The van der Waals surface area contributed by atoms with Crippen LogP contribution in [-0.2, 0) is 4.79 Å². The largest absolute Gasteiger partial charge is 0.339 e. The number of nitrogens with zero attached hydrogens (tertiary/aromatic N) is 1. The maximum absolute atomic E-state index is 11.6. The molecule has 1 aliphatic rings. The lowest BCUT2D eigenvalue weighted by atomic mass is 9.97. The van der Waals surface area contributed by atoms with Crippen LogP contribution >= 0.6 is 0 Å². The van der Waals surface area contributed by atoms with Crippen LogP contribution < -0.4 is 5.32 Å². The molecule has 18 heavy (non-hydrogen) atoms. The van der Waals surface area contributed by atoms with Crippen LogP contribution in [0.2, 0.25) is 0 Å². The molecule has 0 saturated carbocycles. The van der Waals surface area contributed by atoms with E-state index in [2.05, 4.69) is 35.9 Å². The van der Waals surface area contributed by atoms with Crippen molar-refractivity contribution in [3.63, 3.8) is 0 Å². The lowest BCUT2D eigenvalue weighted by Gasteiger charge is -2.40. The Morgan fingerprint density at radius 2 is 1.89 bits per heavy atom. The summed E-state index contributed by atoms with van der Waals surface area (Å²) in [6.07, 6.45) is 0. The van der Waals surface area contributed by atoms with E-state index in [0.717, 1.165) is 18.7 Å². The molecule has 3 heteroatoms. The van der Waals surface area contributed by atoms with Crippen molar-refractivity contribution in [2.24, 2.45) is 0 Å². The van der Waals surface area contributed by atoms with Gasteiger partial charge in [-0.15, -0.1) is 0 Å². The molecule has 0 bridgehead atoms. The number of carbonyl (C=O) groups is 1. The normalized spacial score (nSPS) is 21.8. The van der Waals surface area contributed by atoms with Gasteiger partial charge in [-0.3, -0.25) is 9.69 Å². The second-order valence-electron chi connectivity index (χ2n) is 4.29. The van der Waals surface area contributed by atoms with Gasteiger partial charge in [0.05, 0.1) is 0 Å². The van der Waals surface area contributed by atoms with E-state index >= 15 is 0 Å². The van der Waals surface area contributed by atoms with Crippen LogP contribution in [0.15, 0.2) is 30.3 Å². The number of nitrogens with one attached hydrogen (secondary N) is 1. The molecule has 1 heterocycles. The standard InChI is InChI=1S/C15H18N2O/c1-3-17(4-2)14-13(16-15(14)18)11-10-12-8-6-5-7-9-12/h5-9,13-14H,3-4H2,1-2H3,(H,16,18)/t13-,14+/m0/s1. The number of hydrogen-bond acceptors (Lipinski definition) is 2. The van der Waals surface area contributed by atoms with Gasteiger partial charge in [0.1, 0.15) is 12.1 Å². The van der Waals surface area contributed by atoms with Gasteiger partial charge >= 0.3 is 0 Å². The van der Waals surface area contributed by atoms with Crippen molar-refractivity contribution in [3.8, 4) is 11.8 Å². The minimum absolute atomic E-state index is 0.0439. The zero-order valence-corrected chi connectivity index (χ0v) is 10.8. The Kier molecular flexibility index (Phi) is 4.01. The summed E-state index contributed by atoms with van der Waals surface area (Å²) in [5, 5.41) is 2.86. The van der Waals surface area contributed by atoms with E-state index < -0.39 is 0 Å². The van der Waals surface area contributed by atoms with E-state index in [4.69, 9.17) is 0 Å². The topological polar surface area (TPSA) is 32.3 Å². The Hall–Kier alpha value is -1.79. The first kappa shape index (κ1) is 12.7. The zero-order valence-electron chi connectivity index (χ0n) is 10.8. The zero-order chi connectivity index (χ0) is 13.0. The molecule has 2 atom stereocenters. The molecule has 94 valence electrons. The predicted molar refractivity (Wildman–Crippen MR) is 72.0 cm³/mol. The molecule has 0 unspecified atom stereocenters. The fraction of sp³-hybridized carbons (Fsp3) is 0.400. The van der Waals surface area contributed by atoms with Crippen LogP contribution in [0.1, 0.15) is 19.4 Å². The number of likely N-dealkylation sites (N-methyl/N-ethyl adjacent to an activating group) is 1. The minimum atomic E-state index is -0.0868. The summed E-state index contributed by atoms with van der Waals surface area (Å²) in [5.41, 5.74) is 0.983.